The van der Waals surface area contributed by atoms with Crippen LogP contribution in [0.5, 0.6) is 0 Å². The van der Waals surface area contributed by atoms with Gasteiger partial charge in [-0.05, 0) is 61.2 Å². The van der Waals surface area contributed by atoms with Crippen molar-refractivity contribution in [3.63, 3.8) is 0 Å². The zero-order chi connectivity index (χ0) is 22.0. The molecule has 1 aliphatic heterocycles. The van der Waals surface area contributed by atoms with Gasteiger partial charge >= 0.3 is 6.09 Å². The third kappa shape index (κ3) is 5.95. The molecule has 1 saturated heterocycles. The highest BCUT2D eigenvalue weighted by Crippen LogP contribution is 2.32. The lowest BCUT2D eigenvalue weighted by Crippen LogP contribution is -2.60. The first-order chi connectivity index (χ1) is 13.3. The van der Waals surface area contributed by atoms with Gasteiger partial charge in [-0.25, -0.2) is 4.79 Å². The van der Waals surface area contributed by atoms with E-state index in [9.17, 15) is 9.59 Å². The Morgan fingerprint density at radius 1 is 1.03 bits per heavy atom. The molecule has 6 heteroatoms. The molecule has 0 N–H and O–H groups in total. The molecule has 0 radical (unpaired) electrons. The van der Waals surface area contributed by atoms with Crippen LogP contribution in [0, 0.1) is 5.41 Å². The zero-order valence-electron chi connectivity index (χ0n) is 19.2. The van der Waals surface area contributed by atoms with E-state index in [0.717, 1.165) is 5.56 Å². The summed E-state index contributed by atoms with van der Waals surface area (Å²) in [6.07, 6.45) is -0.335. The number of hydrogen-bond acceptors (Lipinski definition) is 4. The number of ether oxygens (including phenoxy) is 1. The summed E-state index contributed by atoms with van der Waals surface area (Å²) in [5.74, 6) is 0.114. The zero-order valence-corrected chi connectivity index (χ0v) is 19.2. The van der Waals surface area contributed by atoms with Crippen molar-refractivity contribution in [2.45, 2.75) is 59.2 Å². The van der Waals surface area contributed by atoms with Crippen molar-refractivity contribution >= 4 is 12.0 Å². The maximum atomic E-state index is 13.4. The van der Waals surface area contributed by atoms with E-state index in [0.29, 0.717) is 19.6 Å². The van der Waals surface area contributed by atoms with Crippen LogP contribution in [0.2, 0.25) is 0 Å². The van der Waals surface area contributed by atoms with Gasteiger partial charge in [0.05, 0.1) is 11.5 Å². The summed E-state index contributed by atoms with van der Waals surface area (Å²) in [7, 11) is 3.96. The SMILES string of the molecule is C[C@@H]1CN(C(=O)OC(C)(C)C)[C@H](c2ccccc2)CN1C(=O)C(C)(C)CN(C)C. The van der Waals surface area contributed by atoms with Crippen molar-refractivity contribution < 1.29 is 14.3 Å². The van der Waals surface area contributed by atoms with Crippen LogP contribution >= 0.6 is 0 Å². The second-order valence-corrected chi connectivity index (χ2v) is 9.99. The lowest BCUT2D eigenvalue weighted by molar-refractivity contribution is -0.147. The monoisotopic (exact) mass is 403 g/mol. The molecule has 1 heterocycles. The Morgan fingerprint density at radius 3 is 2.14 bits per heavy atom. The van der Waals surface area contributed by atoms with Crippen molar-refractivity contribution in [2.24, 2.45) is 5.41 Å². The number of carbonyl (C=O) groups is 2. The van der Waals surface area contributed by atoms with Gasteiger partial charge in [-0.2, -0.15) is 0 Å². The van der Waals surface area contributed by atoms with Crippen LogP contribution in [-0.4, -0.2) is 72.1 Å². The summed E-state index contributed by atoms with van der Waals surface area (Å²) in [6, 6.07) is 9.57. The van der Waals surface area contributed by atoms with Gasteiger partial charge in [0.15, 0.2) is 0 Å². The highest BCUT2D eigenvalue weighted by atomic mass is 16.6. The third-order valence-electron chi connectivity index (χ3n) is 5.10. The lowest BCUT2D eigenvalue weighted by Gasteiger charge is -2.47. The van der Waals surface area contributed by atoms with E-state index < -0.39 is 11.0 Å². The van der Waals surface area contributed by atoms with Gasteiger partial charge in [-0.15, -0.1) is 0 Å². The second kappa shape index (κ2) is 8.74. The first-order valence-electron chi connectivity index (χ1n) is 10.3. The largest absolute Gasteiger partial charge is 0.444 e. The minimum atomic E-state index is -0.567. The Bertz CT molecular complexity index is 710. The Hall–Kier alpha value is -2.08. The van der Waals surface area contributed by atoms with Crippen LogP contribution in [-0.2, 0) is 9.53 Å². The minimum Gasteiger partial charge on any atom is -0.444 e. The summed E-state index contributed by atoms with van der Waals surface area (Å²) >= 11 is 0. The van der Waals surface area contributed by atoms with E-state index in [4.69, 9.17) is 4.74 Å². The average Bonchev–Trinajstić information content (AvgIpc) is 2.59. The molecular formula is C23H37N3O3. The van der Waals surface area contributed by atoms with Crippen molar-refractivity contribution in [1.29, 1.82) is 0 Å². The molecule has 1 aromatic rings. The summed E-state index contributed by atoms with van der Waals surface area (Å²) in [5, 5.41) is 0. The molecule has 0 bridgehead atoms. The molecular weight excluding hydrogens is 366 g/mol. The molecule has 2 amide bonds. The van der Waals surface area contributed by atoms with Crippen molar-refractivity contribution in [3.05, 3.63) is 35.9 Å². The van der Waals surface area contributed by atoms with Crippen LogP contribution in [0.15, 0.2) is 30.3 Å². The molecule has 0 saturated carbocycles. The highest BCUT2D eigenvalue weighted by Gasteiger charge is 2.42. The molecule has 1 aliphatic rings. The Morgan fingerprint density at radius 2 is 1.62 bits per heavy atom. The maximum absolute atomic E-state index is 13.4. The number of nitrogens with zero attached hydrogens (tertiary/aromatic N) is 3. The lowest BCUT2D eigenvalue weighted by atomic mass is 9.88. The fourth-order valence-electron chi connectivity index (χ4n) is 3.99. The number of amides is 2. The smallest absolute Gasteiger partial charge is 0.410 e. The molecule has 2 rings (SSSR count). The van der Waals surface area contributed by atoms with E-state index >= 15 is 0 Å². The van der Waals surface area contributed by atoms with E-state index in [2.05, 4.69) is 0 Å². The molecule has 1 fully saturated rings. The third-order valence-corrected chi connectivity index (χ3v) is 5.10. The topological polar surface area (TPSA) is 53.1 Å². The van der Waals surface area contributed by atoms with Gasteiger partial charge in [-0.1, -0.05) is 30.3 Å². The quantitative estimate of drug-likeness (QED) is 0.768. The number of carbonyl (C=O) groups excluding carboxylic acids is 2. The predicted octanol–water partition coefficient (Wildman–Crippen LogP) is 3.78. The maximum Gasteiger partial charge on any atom is 0.410 e. The average molecular weight is 404 g/mol. The Kier molecular flexibility index (Phi) is 6.99. The van der Waals surface area contributed by atoms with Crippen LogP contribution in [0.4, 0.5) is 4.79 Å². The van der Waals surface area contributed by atoms with Crippen LogP contribution < -0.4 is 0 Å². The Balaban J connectivity index is 2.33. The van der Waals surface area contributed by atoms with Crippen molar-refractivity contribution in [2.75, 3.05) is 33.7 Å². The van der Waals surface area contributed by atoms with E-state index in [1.807, 2.05) is 95.8 Å². The molecule has 0 spiro atoms. The normalized spacial score (nSPS) is 20.7. The van der Waals surface area contributed by atoms with E-state index in [-0.39, 0.29) is 24.1 Å². The molecule has 0 aliphatic carbocycles. The number of hydrogen-bond donors (Lipinski definition) is 0. The van der Waals surface area contributed by atoms with Gasteiger partial charge in [0.2, 0.25) is 5.91 Å². The number of benzene rings is 1. The summed E-state index contributed by atoms with van der Waals surface area (Å²) < 4.78 is 5.67. The summed E-state index contributed by atoms with van der Waals surface area (Å²) in [4.78, 5) is 32.1. The molecule has 0 unspecified atom stereocenters. The van der Waals surface area contributed by atoms with Crippen LogP contribution in [0.1, 0.15) is 53.1 Å². The summed E-state index contributed by atoms with van der Waals surface area (Å²) in [6.45, 7) is 13.2. The van der Waals surface area contributed by atoms with Gasteiger partial charge in [0.25, 0.3) is 0 Å². The predicted molar refractivity (Wildman–Crippen MR) is 116 cm³/mol. The van der Waals surface area contributed by atoms with Gasteiger partial charge < -0.3 is 14.5 Å². The molecule has 0 aromatic heterocycles. The first kappa shape index (κ1) is 23.2. The van der Waals surface area contributed by atoms with Crippen molar-refractivity contribution in [3.8, 4) is 0 Å². The highest BCUT2D eigenvalue weighted by molar-refractivity contribution is 5.83. The molecule has 162 valence electrons. The van der Waals surface area contributed by atoms with Gasteiger partial charge in [-0.3, -0.25) is 9.69 Å². The molecule has 2 atom stereocenters. The molecule has 29 heavy (non-hydrogen) atoms. The van der Waals surface area contributed by atoms with Crippen LogP contribution in [0.3, 0.4) is 0 Å². The van der Waals surface area contributed by atoms with Crippen LogP contribution in [0.25, 0.3) is 0 Å². The van der Waals surface area contributed by atoms with Gasteiger partial charge in [0, 0.05) is 25.7 Å². The number of piperazine rings is 1. The fourth-order valence-corrected chi connectivity index (χ4v) is 3.99. The molecule has 6 nitrogen and oxygen atoms in total. The fraction of sp³-hybridized carbons (Fsp3) is 0.652. The Labute approximate surface area is 175 Å². The van der Waals surface area contributed by atoms with E-state index in [1.54, 1.807) is 4.90 Å². The number of rotatable bonds is 4. The van der Waals surface area contributed by atoms with Crippen molar-refractivity contribution in [1.82, 2.24) is 14.7 Å². The standard InChI is InChI=1S/C23H37N3O3/c1-17-14-26(21(28)29-22(2,3)4)19(18-12-10-9-11-13-18)15-25(17)20(27)23(5,6)16-24(7)8/h9-13,17,19H,14-16H2,1-8H3/t17-,19+/m1/s1. The van der Waals surface area contributed by atoms with Gasteiger partial charge in [0.1, 0.15) is 5.60 Å². The first-order valence-corrected chi connectivity index (χ1v) is 10.3. The summed E-state index contributed by atoms with van der Waals surface area (Å²) in [5.41, 5.74) is -0.0663. The minimum absolute atomic E-state index is 0.0867. The molecule has 1 aromatic carbocycles. The van der Waals surface area contributed by atoms with E-state index in [1.165, 1.54) is 0 Å². The second-order valence-electron chi connectivity index (χ2n) is 9.99.